The maximum atomic E-state index is 12.5. The number of carboxylic acid groups (broad SMARTS) is 4. The monoisotopic (exact) mass is 1880 g/mol. The molecular weight excluding hydrogens is 1700 g/mol. The SMILES string of the molecule is C.C.C.C.C.C.C.C.C.C.CC(=O)[C@@H](N)CO.CC(=O)[C@H](CO)NCc1ccc(CNC(=O)COCCOCCCC(=O)COCCOCCNC(=O)CC[C@H](CC(=O)CCCCCCCCCCCCCCCCC(=O)O)C(=O)O)cc1.CC[C@@H](CSSC[C@H](CC)C(C)=O)C(C)=O.CC[C@H](C)[C@H](NC)C(=O)O.CC[C@H](C)[C@H](NC)C(=O)O.[CH3-].[CH3-].[V].[V]. The molecule has 1 aromatic rings. The molecule has 2 radical (unpaired) electrons. The Bertz CT molecular complexity index is 2560. The molecule has 0 unspecified atom stereocenters. The first-order valence-corrected chi connectivity index (χ1v) is 41.5. The smallest absolute Gasteiger partial charge is 0.320 e. The number of aliphatic carboxylic acids is 4. The molecule has 0 bridgehead atoms. The van der Waals surface area contributed by atoms with Crippen molar-refractivity contribution in [2.45, 2.75) is 341 Å². The Morgan fingerprint density at radius 3 is 1.11 bits per heavy atom. The molecule has 0 aliphatic carbocycles. The minimum Gasteiger partial charge on any atom is -0.481 e. The van der Waals surface area contributed by atoms with Crippen LogP contribution in [0.4, 0.5) is 0 Å². The Morgan fingerprint density at radius 1 is 0.415 bits per heavy atom. The van der Waals surface area contributed by atoms with Gasteiger partial charge in [0.15, 0.2) is 5.78 Å². The number of aliphatic hydroxyl groups is 2. The zero-order valence-corrected chi connectivity index (χ0v) is 75.2. The fourth-order valence-electron chi connectivity index (χ4n) is 10.1. The van der Waals surface area contributed by atoms with E-state index in [1.807, 2.05) is 65.8 Å². The molecule has 0 aromatic heterocycles. The molecule has 1 aromatic carbocycles. The van der Waals surface area contributed by atoms with Gasteiger partial charge in [0.1, 0.15) is 54.2 Å². The number of ether oxygens (including phenoxy) is 4. The van der Waals surface area contributed by atoms with Crippen LogP contribution in [0.15, 0.2) is 24.3 Å². The number of carbonyl (C=O) groups is 12. The van der Waals surface area contributed by atoms with Crippen molar-refractivity contribution in [3.63, 3.8) is 0 Å². The van der Waals surface area contributed by atoms with Crippen molar-refractivity contribution >= 4 is 92.0 Å². The predicted molar refractivity (Wildman–Crippen MR) is 508 cm³/mol. The normalized spacial score (nSPS) is 11.8. The second-order valence-electron chi connectivity index (χ2n) is 27.2. The average Bonchev–Trinajstić information content (AvgIpc) is 0.915. The topological polar surface area (TPSA) is 449 Å². The molecule has 123 heavy (non-hydrogen) atoms. The number of carbonyl (C=O) groups excluding carboxylic acids is 8. The minimum absolute atomic E-state index is 0. The summed E-state index contributed by atoms with van der Waals surface area (Å²) in [6.45, 7) is 19.9. The molecule has 0 fully saturated rings. The predicted octanol–water partition coefficient (Wildman–Crippen LogP) is 16.8. The summed E-state index contributed by atoms with van der Waals surface area (Å²) < 4.78 is 21.6. The van der Waals surface area contributed by atoms with Gasteiger partial charge in [-0.05, 0) is 103 Å². The number of rotatable bonds is 66. The van der Waals surface area contributed by atoms with Crippen molar-refractivity contribution < 1.29 is 144 Å². The van der Waals surface area contributed by atoms with E-state index in [1.54, 1.807) is 49.5 Å². The van der Waals surface area contributed by atoms with E-state index in [9.17, 15) is 67.7 Å². The standard InChI is InChI=1S/C49H81N3O14.C12H22O2S2.2C7H15NO2.C4H9NO2.10CH4.2CH3.2V/c1-39(54)45(36-53)51-34-40-20-22-41(23-21-40)35-52-47(58)38-66-32-29-63-27-16-18-44(56)37-65-31-30-64-28-26-50-46(57)25-24-42(49(61)62)33-43(55)17-14-12-10-8-6-4-2-3-5-7-9-11-13-15-19-48(59)60;1-5-11(9(3)13)7-15-16-8-12(6-2)10(4)14;2*1-4-5(2)6(8-3)7(9)10;1-3(7)4(5)2-6;;;;;;;;;;;;;;/h20-23,42,45,51,53H,2-19,24-38H2,1H3,(H,50,57)(H,52,58)(H,59,60)(H,61,62);11-12H,5-8H2,1-4H3;2*5-6,8H,4H2,1-3H3,(H,9,10);4,6H,2,5H2,1H3;10*1H4;2*1H3;;/q;;;;;;;;;;;;;;;2*-1;;/t42-,45+;11-,12-;2*5-,6-;4-;;;;;;;;;;;;;;/m10000............../s1. The Hall–Kier alpha value is -4.47. The first kappa shape index (κ1) is 162. The number of hydrogen-bond donors (Lipinski definition) is 12. The summed E-state index contributed by atoms with van der Waals surface area (Å²) in [4.78, 5) is 136. The molecule has 738 valence electrons. The number of unbranched alkanes of at least 4 members (excludes halogenated alkanes) is 13. The third-order valence-corrected chi connectivity index (χ3v) is 20.5. The van der Waals surface area contributed by atoms with Gasteiger partial charge < -0.3 is 96.8 Å². The number of carboxylic acids is 4. The quantitative estimate of drug-likeness (QED) is 0.0164. The van der Waals surface area contributed by atoms with Gasteiger partial charge in [0.2, 0.25) is 11.8 Å². The van der Waals surface area contributed by atoms with Gasteiger partial charge in [-0.3, -0.25) is 57.5 Å². The third kappa shape index (κ3) is 101. The van der Waals surface area contributed by atoms with E-state index in [1.165, 1.54) is 58.8 Å². The van der Waals surface area contributed by atoms with E-state index in [-0.39, 0.29) is 295 Å². The molecule has 1 rings (SSSR count). The van der Waals surface area contributed by atoms with Gasteiger partial charge in [-0.2, -0.15) is 0 Å². The number of ketones is 6. The summed E-state index contributed by atoms with van der Waals surface area (Å²) in [6, 6.07) is 5.45. The molecule has 9 atom stereocenters. The van der Waals surface area contributed by atoms with Crippen molar-refractivity contribution in [1.82, 2.24) is 26.6 Å². The molecule has 0 heterocycles. The molecular formula is C91H188N6O22S2V2-2. The van der Waals surface area contributed by atoms with Crippen LogP contribution in [0, 0.1) is 44.4 Å². The Kier molecular flexibility index (Phi) is 147. The third-order valence-electron chi connectivity index (χ3n) is 18.0. The van der Waals surface area contributed by atoms with Crippen molar-refractivity contribution in [2.24, 2.45) is 35.3 Å². The van der Waals surface area contributed by atoms with Gasteiger partial charge in [0.25, 0.3) is 0 Å². The van der Waals surface area contributed by atoms with E-state index < -0.39 is 54.0 Å². The van der Waals surface area contributed by atoms with E-state index in [0.29, 0.717) is 32.5 Å². The number of aliphatic hydroxyl groups excluding tert-OH is 2. The van der Waals surface area contributed by atoms with Crippen molar-refractivity contribution in [2.75, 3.05) is 98.2 Å². The first-order chi connectivity index (χ1) is 51.9. The number of hydrogen-bond acceptors (Lipinski definition) is 24. The van der Waals surface area contributed by atoms with Gasteiger partial charge in [0.05, 0.1) is 64.2 Å². The van der Waals surface area contributed by atoms with Crippen molar-refractivity contribution in [1.29, 1.82) is 0 Å². The van der Waals surface area contributed by atoms with E-state index in [4.69, 9.17) is 45.1 Å². The summed E-state index contributed by atoms with van der Waals surface area (Å²) in [5.74, 6) is -2.22. The van der Waals surface area contributed by atoms with Gasteiger partial charge in [-0.1, -0.05) is 252 Å². The molecule has 2 amide bonds. The number of Topliss-reactive ketones (excluding diaryl/α,β-unsaturated/α-hetero) is 6. The molecule has 0 saturated heterocycles. The molecule has 32 heteroatoms. The molecule has 0 saturated carbocycles. The van der Waals surface area contributed by atoms with Crippen molar-refractivity contribution in [3.05, 3.63) is 50.2 Å². The average molecular weight is 1880 g/mol. The minimum atomic E-state index is -1.07. The zero-order valence-electron chi connectivity index (χ0n) is 70.8. The van der Waals surface area contributed by atoms with Crippen LogP contribution in [0.25, 0.3) is 0 Å². The molecule has 0 spiro atoms. The maximum absolute atomic E-state index is 12.5. The number of benzene rings is 1. The van der Waals surface area contributed by atoms with Crippen LogP contribution in [0.5, 0.6) is 0 Å². The van der Waals surface area contributed by atoms with Crippen LogP contribution in [-0.4, -0.2) is 223 Å². The second-order valence-corrected chi connectivity index (χ2v) is 29.7. The second kappa shape index (κ2) is 112. The largest absolute Gasteiger partial charge is 0.481 e. The fourth-order valence-corrected chi connectivity index (χ4v) is 13.1. The summed E-state index contributed by atoms with van der Waals surface area (Å²) >= 11 is 0. The summed E-state index contributed by atoms with van der Waals surface area (Å²) in [7, 11) is 6.78. The van der Waals surface area contributed by atoms with Gasteiger partial charge in [-0.25, -0.2) is 0 Å². The van der Waals surface area contributed by atoms with Crippen LogP contribution < -0.4 is 32.3 Å². The zero-order chi connectivity index (χ0) is 83.2. The van der Waals surface area contributed by atoms with Crippen molar-refractivity contribution in [3.8, 4) is 0 Å². The number of likely N-dealkylation sites (N-methyl/N-ethyl adjacent to an activating group) is 2. The van der Waals surface area contributed by atoms with E-state index in [2.05, 4.69) is 26.6 Å². The van der Waals surface area contributed by atoms with Gasteiger partial charge in [0, 0.05) is 119 Å². The van der Waals surface area contributed by atoms with Crippen LogP contribution in [0.2, 0.25) is 0 Å². The van der Waals surface area contributed by atoms with Crippen LogP contribution >= 0.6 is 21.6 Å². The van der Waals surface area contributed by atoms with Crippen LogP contribution in [-0.2, 0) is 127 Å². The van der Waals surface area contributed by atoms with E-state index in [0.717, 1.165) is 93.3 Å². The van der Waals surface area contributed by atoms with Crippen LogP contribution in [0.1, 0.15) is 315 Å². The van der Waals surface area contributed by atoms with Crippen LogP contribution in [0.3, 0.4) is 0 Å². The van der Waals surface area contributed by atoms with Gasteiger partial charge in [-0.15, -0.1) is 0 Å². The fraction of sp³-hybridized carbons (Fsp3) is 0.780. The summed E-state index contributed by atoms with van der Waals surface area (Å²) in [5.41, 5.74) is 6.86. The number of nitrogens with two attached hydrogens (primary N) is 1. The van der Waals surface area contributed by atoms with Gasteiger partial charge >= 0.3 is 23.9 Å². The van der Waals surface area contributed by atoms with E-state index >= 15 is 0 Å². The summed E-state index contributed by atoms with van der Waals surface area (Å²) in [6.07, 6.45) is 20.3. The molecule has 28 nitrogen and oxygen atoms in total. The number of amides is 2. The number of nitrogens with one attached hydrogen (secondary N) is 5. The first-order valence-electron chi connectivity index (χ1n) is 39.0. The molecule has 0 aliphatic rings. The Labute approximate surface area is 782 Å². The maximum Gasteiger partial charge on any atom is 0.320 e. The molecule has 13 N–H and O–H groups in total. The Morgan fingerprint density at radius 2 is 0.789 bits per heavy atom. The Balaban J connectivity index is -0.0000000990. The molecule has 0 aliphatic heterocycles. The summed E-state index contributed by atoms with van der Waals surface area (Å²) in [5, 5.41) is 66.9.